The van der Waals surface area contributed by atoms with E-state index in [1.807, 2.05) is 6.07 Å². The van der Waals surface area contributed by atoms with Crippen LogP contribution < -0.4 is 5.32 Å². The lowest BCUT2D eigenvalue weighted by atomic mass is 9.95. The van der Waals surface area contributed by atoms with Crippen LogP contribution in [0.5, 0.6) is 0 Å². The molecule has 0 radical (unpaired) electrons. The molecule has 4 heteroatoms. The Kier molecular flexibility index (Phi) is 3.72. The third-order valence-corrected chi connectivity index (χ3v) is 4.92. The number of rotatable bonds is 3. The van der Waals surface area contributed by atoms with Gasteiger partial charge in [0, 0.05) is 17.3 Å². The van der Waals surface area contributed by atoms with Gasteiger partial charge in [-0.3, -0.25) is 4.79 Å². The molecule has 0 aliphatic heterocycles. The number of pyridine rings is 1. The molecular formula is C16H21ClN2O. The van der Waals surface area contributed by atoms with Crippen molar-refractivity contribution in [2.24, 2.45) is 11.8 Å². The van der Waals surface area contributed by atoms with Gasteiger partial charge in [0.05, 0.1) is 0 Å². The molecule has 0 saturated heterocycles. The molecule has 1 aromatic rings. The summed E-state index contributed by atoms with van der Waals surface area (Å²) >= 11 is 6.03. The van der Waals surface area contributed by atoms with Crippen molar-refractivity contribution in [2.75, 3.05) is 0 Å². The second kappa shape index (κ2) is 5.36. The van der Waals surface area contributed by atoms with E-state index in [2.05, 4.69) is 24.1 Å². The van der Waals surface area contributed by atoms with Crippen LogP contribution in [0.3, 0.4) is 0 Å². The number of amides is 1. The van der Waals surface area contributed by atoms with Crippen molar-refractivity contribution in [2.45, 2.75) is 51.5 Å². The fourth-order valence-corrected chi connectivity index (χ4v) is 3.83. The largest absolute Gasteiger partial charge is 0.349 e. The van der Waals surface area contributed by atoms with Gasteiger partial charge in [-0.2, -0.15) is 0 Å². The molecule has 3 rings (SSSR count). The van der Waals surface area contributed by atoms with Crippen LogP contribution >= 0.6 is 11.6 Å². The molecule has 3 nitrogen and oxygen atoms in total. The fraction of sp³-hybridized carbons (Fsp3) is 0.625. The number of carbonyl (C=O) groups is 1. The summed E-state index contributed by atoms with van der Waals surface area (Å²) in [7, 11) is 0. The summed E-state index contributed by atoms with van der Waals surface area (Å²) in [5, 5.41) is 3.59. The second-order valence-corrected chi connectivity index (χ2v) is 6.90. The molecule has 0 spiro atoms. The summed E-state index contributed by atoms with van der Waals surface area (Å²) in [5.41, 5.74) is 1.51. The van der Waals surface area contributed by atoms with Crippen molar-refractivity contribution < 1.29 is 4.79 Å². The number of nitrogens with one attached hydrogen (secondary N) is 1. The summed E-state index contributed by atoms with van der Waals surface area (Å²) in [6, 6.07) is 3.88. The highest BCUT2D eigenvalue weighted by atomic mass is 35.5. The Morgan fingerprint density at radius 1 is 1.35 bits per heavy atom. The lowest BCUT2D eigenvalue weighted by Gasteiger charge is -2.23. The van der Waals surface area contributed by atoms with E-state index in [0.29, 0.717) is 22.7 Å². The number of hydrogen-bond donors (Lipinski definition) is 1. The van der Waals surface area contributed by atoms with Crippen LogP contribution in [0.25, 0.3) is 0 Å². The number of aromatic nitrogens is 1. The second-order valence-electron chi connectivity index (χ2n) is 6.51. The number of carbonyl (C=O) groups excluding carboxylic acids is 1. The van der Waals surface area contributed by atoms with E-state index in [1.54, 1.807) is 6.07 Å². The monoisotopic (exact) mass is 292 g/mol. The van der Waals surface area contributed by atoms with Crippen LogP contribution in [0.2, 0.25) is 5.15 Å². The Hall–Kier alpha value is -1.09. The lowest BCUT2D eigenvalue weighted by molar-refractivity contribution is 0.0922. The predicted molar refractivity (Wildman–Crippen MR) is 80.0 cm³/mol. The van der Waals surface area contributed by atoms with Crippen LogP contribution in [-0.2, 0) is 0 Å². The maximum atomic E-state index is 12.4. The van der Waals surface area contributed by atoms with E-state index < -0.39 is 0 Å². The molecule has 1 N–H and O–H groups in total. The number of fused-ring (bicyclic) bond motifs is 2. The average molecular weight is 293 g/mol. The van der Waals surface area contributed by atoms with E-state index in [0.717, 1.165) is 18.0 Å². The third kappa shape index (κ3) is 2.69. The highest BCUT2D eigenvalue weighted by molar-refractivity contribution is 6.29. The zero-order valence-electron chi connectivity index (χ0n) is 12.0. The number of nitrogens with zero attached hydrogens (tertiary/aromatic N) is 1. The van der Waals surface area contributed by atoms with Gasteiger partial charge in [0.1, 0.15) is 5.15 Å². The van der Waals surface area contributed by atoms with Gasteiger partial charge >= 0.3 is 0 Å². The molecule has 1 heterocycles. The molecule has 2 fully saturated rings. The van der Waals surface area contributed by atoms with Gasteiger partial charge < -0.3 is 5.32 Å². The first-order valence-electron chi connectivity index (χ1n) is 7.51. The van der Waals surface area contributed by atoms with Gasteiger partial charge in [0.15, 0.2) is 0 Å². The first kappa shape index (κ1) is 13.9. The smallest absolute Gasteiger partial charge is 0.251 e. The molecule has 2 saturated carbocycles. The van der Waals surface area contributed by atoms with Crippen molar-refractivity contribution in [1.29, 1.82) is 0 Å². The van der Waals surface area contributed by atoms with Crippen LogP contribution in [0.4, 0.5) is 0 Å². The molecule has 2 bridgehead atoms. The lowest BCUT2D eigenvalue weighted by Crippen LogP contribution is -2.38. The molecule has 1 aromatic heterocycles. The average Bonchev–Trinajstić information content (AvgIpc) is 3.00. The van der Waals surface area contributed by atoms with Gasteiger partial charge in [-0.1, -0.05) is 31.9 Å². The number of halogens is 1. The molecule has 0 aromatic carbocycles. The van der Waals surface area contributed by atoms with Crippen LogP contribution in [0.15, 0.2) is 12.1 Å². The van der Waals surface area contributed by atoms with Crippen molar-refractivity contribution in [1.82, 2.24) is 10.3 Å². The zero-order valence-corrected chi connectivity index (χ0v) is 12.8. The molecule has 3 unspecified atom stereocenters. The standard InChI is InChI=1S/C16H21ClN2O/c1-9(2)13-7-12(8-15(17)18-13)16(20)19-14-6-10-3-4-11(14)5-10/h7-11,14H,3-6H2,1-2H3,(H,19,20). The Balaban J connectivity index is 1.74. The summed E-state index contributed by atoms with van der Waals surface area (Å²) in [6.07, 6.45) is 5.05. The highest BCUT2D eigenvalue weighted by Gasteiger charge is 2.40. The van der Waals surface area contributed by atoms with Gasteiger partial charge in [-0.15, -0.1) is 0 Å². The quantitative estimate of drug-likeness (QED) is 0.862. The molecule has 2 aliphatic rings. The molecule has 1 amide bonds. The predicted octanol–water partition coefficient (Wildman–Crippen LogP) is 3.78. The molecule has 20 heavy (non-hydrogen) atoms. The van der Waals surface area contributed by atoms with Crippen LogP contribution in [0.1, 0.15) is 61.5 Å². The fourth-order valence-electron chi connectivity index (χ4n) is 3.62. The van der Waals surface area contributed by atoms with Crippen molar-refractivity contribution in [3.63, 3.8) is 0 Å². The Labute approximate surface area is 125 Å². The minimum atomic E-state index is -0.00579. The molecule has 3 atom stereocenters. The first-order chi connectivity index (χ1) is 9.52. The third-order valence-electron chi connectivity index (χ3n) is 4.72. The topological polar surface area (TPSA) is 42.0 Å². The van der Waals surface area contributed by atoms with Crippen LogP contribution in [-0.4, -0.2) is 16.9 Å². The first-order valence-corrected chi connectivity index (χ1v) is 7.89. The van der Waals surface area contributed by atoms with Gasteiger partial charge in [0.25, 0.3) is 5.91 Å². The van der Waals surface area contributed by atoms with E-state index >= 15 is 0 Å². The van der Waals surface area contributed by atoms with Gasteiger partial charge in [-0.25, -0.2) is 4.98 Å². The SMILES string of the molecule is CC(C)c1cc(C(=O)NC2CC3CCC2C3)cc(Cl)n1. The van der Waals surface area contributed by atoms with Crippen molar-refractivity contribution in [3.05, 3.63) is 28.5 Å². The van der Waals surface area contributed by atoms with Gasteiger partial charge in [-0.05, 0) is 49.1 Å². The summed E-state index contributed by atoms with van der Waals surface area (Å²) < 4.78 is 0. The van der Waals surface area contributed by atoms with E-state index in [9.17, 15) is 4.79 Å². The number of hydrogen-bond acceptors (Lipinski definition) is 2. The van der Waals surface area contributed by atoms with Crippen LogP contribution in [0, 0.1) is 11.8 Å². The molecule has 2 aliphatic carbocycles. The zero-order chi connectivity index (χ0) is 14.3. The van der Waals surface area contributed by atoms with E-state index in [1.165, 1.54) is 19.3 Å². The van der Waals surface area contributed by atoms with Gasteiger partial charge in [0.2, 0.25) is 0 Å². The summed E-state index contributed by atoms with van der Waals surface area (Å²) in [5.74, 6) is 1.78. The Morgan fingerprint density at radius 3 is 2.75 bits per heavy atom. The van der Waals surface area contributed by atoms with Crippen molar-refractivity contribution in [3.8, 4) is 0 Å². The van der Waals surface area contributed by atoms with Crippen molar-refractivity contribution >= 4 is 17.5 Å². The Bertz CT molecular complexity index is 529. The maximum Gasteiger partial charge on any atom is 0.251 e. The Morgan fingerprint density at radius 2 is 2.15 bits per heavy atom. The molecular weight excluding hydrogens is 272 g/mol. The van der Waals surface area contributed by atoms with E-state index in [4.69, 9.17) is 11.6 Å². The minimum absolute atomic E-state index is 0.00579. The molecule has 108 valence electrons. The maximum absolute atomic E-state index is 12.4. The highest BCUT2D eigenvalue weighted by Crippen LogP contribution is 2.44. The summed E-state index contributed by atoms with van der Waals surface area (Å²) in [4.78, 5) is 16.7. The normalized spacial score (nSPS) is 28.1. The van der Waals surface area contributed by atoms with E-state index in [-0.39, 0.29) is 11.8 Å². The minimum Gasteiger partial charge on any atom is -0.349 e. The summed E-state index contributed by atoms with van der Waals surface area (Å²) in [6.45, 7) is 4.10.